The summed E-state index contributed by atoms with van der Waals surface area (Å²) < 4.78 is 23.2. The van der Waals surface area contributed by atoms with Crippen LogP contribution in [0.4, 0.5) is 11.6 Å². The first-order chi connectivity index (χ1) is 11.8. The largest absolute Gasteiger partial charge is 0.354 e. The van der Waals surface area contributed by atoms with Crippen molar-refractivity contribution in [2.45, 2.75) is 19.4 Å². The van der Waals surface area contributed by atoms with E-state index in [-0.39, 0.29) is 23.5 Å². The lowest BCUT2D eigenvalue weighted by atomic mass is 10.1. The molecule has 0 bridgehead atoms. The number of nitrogens with zero attached hydrogens (tertiary/aromatic N) is 3. The van der Waals surface area contributed by atoms with Crippen molar-refractivity contribution in [2.24, 2.45) is 0 Å². The van der Waals surface area contributed by atoms with Crippen LogP contribution in [0, 0.1) is 6.92 Å². The van der Waals surface area contributed by atoms with E-state index in [4.69, 9.17) is 0 Å². The van der Waals surface area contributed by atoms with Gasteiger partial charge in [-0.15, -0.1) is 10.2 Å². The van der Waals surface area contributed by atoms with Gasteiger partial charge in [-0.05, 0) is 37.6 Å². The summed E-state index contributed by atoms with van der Waals surface area (Å²) in [4.78, 5) is 14.0. The number of benzene rings is 1. The van der Waals surface area contributed by atoms with Gasteiger partial charge in [-0.2, -0.15) is 0 Å². The number of carbonyl (C=O) groups excluding carboxylic acids is 1. The van der Waals surface area contributed by atoms with Gasteiger partial charge in [0.15, 0.2) is 21.5 Å². The van der Waals surface area contributed by atoms with E-state index in [0.717, 1.165) is 5.56 Å². The van der Waals surface area contributed by atoms with Crippen LogP contribution in [0.1, 0.15) is 22.3 Å². The van der Waals surface area contributed by atoms with E-state index >= 15 is 0 Å². The third kappa shape index (κ3) is 4.14. The molecule has 2 aromatic rings. The molecule has 3 rings (SSSR count). The maximum absolute atomic E-state index is 12.2. The molecule has 1 amide bonds. The zero-order valence-electron chi connectivity index (χ0n) is 14.1. The highest BCUT2D eigenvalue weighted by Gasteiger charge is 2.31. The number of sulfone groups is 1. The molecule has 1 saturated heterocycles. The Labute approximate surface area is 147 Å². The Hall–Kier alpha value is -2.48. The molecule has 1 fully saturated rings. The average molecular weight is 360 g/mol. The van der Waals surface area contributed by atoms with Crippen LogP contribution in [-0.4, -0.2) is 49.1 Å². The lowest BCUT2D eigenvalue weighted by molar-refractivity contribution is 0.102. The Morgan fingerprint density at radius 2 is 2.04 bits per heavy atom. The number of aryl methyl sites for hydroxylation is 1. The van der Waals surface area contributed by atoms with Gasteiger partial charge in [-0.25, -0.2) is 8.42 Å². The van der Waals surface area contributed by atoms with E-state index < -0.39 is 9.84 Å². The second-order valence-electron chi connectivity index (χ2n) is 6.27. The molecule has 8 heteroatoms. The Balaban J connectivity index is 1.67. The zero-order chi connectivity index (χ0) is 18.0. The standard InChI is InChI=1S/C17H20N4O3S/c1-12-4-3-5-13(10-12)17(22)18-15-6-7-16(20-19-15)21(2)14-8-9-25(23,24)11-14/h3-7,10,14H,8-9,11H2,1-2H3,(H,18,19,22). The van der Waals surface area contributed by atoms with E-state index in [9.17, 15) is 13.2 Å². The summed E-state index contributed by atoms with van der Waals surface area (Å²) in [6.45, 7) is 1.92. The molecule has 1 N–H and O–H groups in total. The highest BCUT2D eigenvalue weighted by Crippen LogP contribution is 2.21. The van der Waals surface area contributed by atoms with Gasteiger partial charge in [-0.3, -0.25) is 4.79 Å². The molecule has 7 nitrogen and oxygen atoms in total. The molecule has 1 aromatic carbocycles. The normalized spacial score (nSPS) is 18.7. The molecular formula is C17H20N4O3S. The van der Waals surface area contributed by atoms with Crippen molar-refractivity contribution >= 4 is 27.4 Å². The van der Waals surface area contributed by atoms with Crippen LogP contribution < -0.4 is 10.2 Å². The second-order valence-corrected chi connectivity index (χ2v) is 8.50. The van der Waals surface area contributed by atoms with Crippen LogP contribution in [0.15, 0.2) is 36.4 Å². The van der Waals surface area contributed by atoms with Crippen LogP contribution in [0.25, 0.3) is 0 Å². The van der Waals surface area contributed by atoms with Crippen LogP contribution in [0.2, 0.25) is 0 Å². The third-order valence-electron chi connectivity index (χ3n) is 4.29. The number of anilines is 2. The molecule has 1 unspecified atom stereocenters. The van der Waals surface area contributed by atoms with Crippen molar-refractivity contribution in [3.63, 3.8) is 0 Å². The zero-order valence-corrected chi connectivity index (χ0v) is 15.0. The SMILES string of the molecule is Cc1cccc(C(=O)Nc2ccc(N(C)C3CCS(=O)(=O)C3)nn2)c1. The van der Waals surface area contributed by atoms with Crippen molar-refractivity contribution < 1.29 is 13.2 Å². The molecule has 0 radical (unpaired) electrons. The minimum absolute atomic E-state index is 0.0907. The molecular weight excluding hydrogens is 340 g/mol. The lowest BCUT2D eigenvalue weighted by Gasteiger charge is -2.23. The van der Waals surface area contributed by atoms with Gasteiger partial charge in [0.05, 0.1) is 11.5 Å². The molecule has 1 aromatic heterocycles. The average Bonchev–Trinajstić information content (AvgIpc) is 2.95. The quantitative estimate of drug-likeness (QED) is 0.891. The number of carbonyl (C=O) groups is 1. The van der Waals surface area contributed by atoms with E-state index in [1.807, 2.05) is 24.0 Å². The summed E-state index contributed by atoms with van der Waals surface area (Å²) in [5.41, 5.74) is 1.56. The van der Waals surface area contributed by atoms with Gasteiger partial charge in [0.2, 0.25) is 0 Å². The van der Waals surface area contributed by atoms with E-state index in [1.165, 1.54) is 0 Å². The Bertz CT molecular complexity index is 881. The molecule has 0 aliphatic carbocycles. The fraction of sp³-hybridized carbons (Fsp3) is 0.353. The van der Waals surface area contributed by atoms with Gasteiger partial charge in [0.1, 0.15) is 0 Å². The topological polar surface area (TPSA) is 92.3 Å². The molecule has 25 heavy (non-hydrogen) atoms. The summed E-state index contributed by atoms with van der Waals surface area (Å²) in [6.07, 6.45) is 0.590. The minimum atomic E-state index is -2.95. The third-order valence-corrected chi connectivity index (χ3v) is 6.04. The lowest BCUT2D eigenvalue weighted by Crippen LogP contribution is -2.33. The van der Waals surface area contributed by atoms with E-state index in [2.05, 4.69) is 15.5 Å². The van der Waals surface area contributed by atoms with Crippen LogP contribution in [-0.2, 0) is 9.84 Å². The minimum Gasteiger partial charge on any atom is -0.354 e. The molecule has 0 saturated carbocycles. The molecule has 1 atom stereocenters. The maximum Gasteiger partial charge on any atom is 0.256 e. The first kappa shape index (κ1) is 17.3. The van der Waals surface area contributed by atoms with E-state index in [1.54, 1.807) is 31.3 Å². The second kappa shape index (κ2) is 6.79. The Morgan fingerprint density at radius 1 is 1.24 bits per heavy atom. The fourth-order valence-electron chi connectivity index (χ4n) is 2.82. The highest BCUT2D eigenvalue weighted by molar-refractivity contribution is 7.91. The van der Waals surface area contributed by atoms with Crippen molar-refractivity contribution in [1.82, 2.24) is 10.2 Å². The van der Waals surface area contributed by atoms with Gasteiger partial charge in [0.25, 0.3) is 5.91 Å². The molecule has 2 heterocycles. The summed E-state index contributed by atoms with van der Waals surface area (Å²) in [7, 11) is -1.15. The fourth-order valence-corrected chi connectivity index (χ4v) is 4.60. The first-order valence-electron chi connectivity index (χ1n) is 7.99. The number of hydrogen-bond donors (Lipinski definition) is 1. The van der Waals surface area contributed by atoms with Crippen molar-refractivity contribution in [3.05, 3.63) is 47.5 Å². The van der Waals surface area contributed by atoms with Gasteiger partial charge < -0.3 is 10.2 Å². The monoisotopic (exact) mass is 360 g/mol. The predicted molar refractivity (Wildman–Crippen MR) is 96.6 cm³/mol. The first-order valence-corrected chi connectivity index (χ1v) is 9.81. The molecule has 1 aliphatic heterocycles. The molecule has 1 aliphatic rings. The molecule has 0 spiro atoms. The van der Waals surface area contributed by atoms with Crippen molar-refractivity contribution in [2.75, 3.05) is 28.8 Å². The van der Waals surface area contributed by atoms with Crippen LogP contribution >= 0.6 is 0 Å². The highest BCUT2D eigenvalue weighted by atomic mass is 32.2. The predicted octanol–water partition coefficient (Wildman–Crippen LogP) is 1.66. The summed E-state index contributed by atoms with van der Waals surface area (Å²) in [6, 6.07) is 10.6. The smallest absolute Gasteiger partial charge is 0.256 e. The number of aromatic nitrogens is 2. The van der Waals surface area contributed by atoms with Crippen LogP contribution in [0.3, 0.4) is 0 Å². The summed E-state index contributed by atoms with van der Waals surface area (Å²) >= 11 is 0. The van der Waals surface area contributed by atoms with Crippen molar-refractivity contribution in [3.8, 4) is 0 Å². The number of hydrogen-bond acceptors (Lipinski definition) is 6. The molecule has 132 valence electrons. The Kier molecular flexibility index (Phi) is 4.71. The van der Waals surface area contributed by atoms with Crippen molar-refractivity contribution in [1.29, 1.82) is 0 Å². The number of nitrogens with one attached hydrogen (secondary N) is 1. The Morgan fingerprint density at radius 3 is 2.64 bits per heavy atom. The summed E-state index contributed by atoms with van der Waals surface area (Å²) in [5, 5.41) is 10.8. The summed E-state index contributed by atoms with van der Waals surface area (Å²) in [5.74, 6) is 1.02. The van der Waals surface area contributed by atoms with Gasteiger partial charge in [0, 0.05) is 18.7 Å². The number of amides is 1. The number of rotatable bonds is 4. The van der Waals surface area contributed by atoms with Gasteiger partial charge in [-0.1, -0.05) is 17.7 Å². The van der Waals surface area contributed by atoms with Gasteiger partial charge >= 0.3 is 0 Å². The van der Waals surface area contributed by atoms with Crippen LogP contribution in [0.5, 0.6) is 0 Å². The van der Waals surface area contributed by atoms with E-state index in [0.29, 0.717) is 23.6 Å². The maximum atomic E-state index is 12.2.